The molecule has 1 atom stereocenters. The van der Waals surface area contributed by atoms with Crippen molar-refractivity contribution in [2.24, 2.45) is 5.73 Å². The molecule has 13 heteroatoms. The Morgan fingerprint density at radius 2 is 1.89 bits per heavy atom. The molecule has 1 aliphatic rings. The molecule has 0 spiro atoms. The number of aromatic amines is 1. The summed E-state index contributed by atoms with van der Waals surface area (Å²) in [6.07, 6.45) is -6.09. The fourth-order valence-corrected chi connectivity index (χ4v) is 3.96. The highest BCUT2D eigenvalue weighted by atomic mass is 19.4. The van der Waals surface area contributed by atoms with Crippen molar-refractivity contribution < 1.29 is 37.0 Å². The summed E-state index contributed by atoms with van der Waals surface area (Å²) in [5.74, 6) is -0.917. The van der Waals surface area contributed by atoms with Crippen LogP contribution in [0.15, 0.2) is 53.3 Å². The molecular formula is C25H23F3N4O6. The van der Waals surface area contributed by atoms with Crippen molar-refractivity contribution in [2.75, 3.05) is 37.7 Å². The number of nitrogens with one attached hydrogen (secondary N) is 2. The van der Waals surface area contributed by atoms with E-state index < -0.39 is 35.5 Å². The van der Waals surface area contributed by atoms with Crippen LogP contribution in [0.2, 0.25) is 0 Å². The minimum absolute atomic E-state index is 0.00696. The smallest absolute Gasteiger partial charge is 0.417 e. The minimum Gasteiger partial charge on any atom is -0.461 e. The number of H-pyrrole nitrogens is 1. The molecule has 1 fully saturated rings. The van der Waals surface area contributed by atoms with Gasteiger partial charge in [-0.2, -0.15) is 13.2 Å². The van der Waals surface area contributed by atoms with Gasteiger partial charge in [0.1, 0.15) is 6.61 Å². The fourth-order valence-electron chi connectivity index (χ4n) is 3.96. The Morgan fingerprint density at radius 1 is 1.13 bits per heavy atom. The maximum absolute atomic E-state index is 13.5. The SMILES string of the molecule is NCC(=O)CNCC(=O)OC[C@@H]1CN(c2ccc3cc(-c4ccccc4C(F)(F)F)[nH]c(=O)c3c2)C(=O)O1. The van der Waals surface area contributed by atoms with E-state index in [0.717, 1.165) is 6.07 Å². The number of amides is 1. The van der Waals surface area contributed by atoms with E-state index in [0.29, 0.717) is 11.1 Å². The quantitative estimate of drug-likeness (QED) is 0.356. The predicted molar refractivity (Wildman–Crippen MR) is 131 cm³/mol. The Hall–Kier alpha value is -4.23. The van der Waals surface area contributed by atoms with Crippen LogP contribution in [0.5, 0.6) is 0 Å². The van der Waals surface area contributed by atoms with Crippen LogP contribution in [0.4, 0.5) is 23.7 Å². The standard InChI is InChI=1S/C25H23F3N4O6/c26-25(27,28)20-4-2-1-3-18(20)21-7-14-5-6-15(8-19(14)23(35)31-21)32-12-17(38-24(32)36)13-37-22(34)11-30-10-16(33)9-29/h1-8,17,30H,9-13,29H2,(H,31,35)/t17-/m0/s1. The monoisotopic (exact) mass is 532 g/mol. The summed E-state index contributed by atoms with van der Waals surface area (Å²) in [7, 11) is 0. The highest BCUT2D eigenvalue weighted by Gasteiger charge is 2.35. The van der Waals surface area contributed by atoms with Gasteiger partial charge < -0.3 is 25.5 Å². The molecule has 3 aromatic rings. The number of alkyl halides is 3. The molecule has 2 heterocycles. The highest BCUT2D eigenvalue weighted by molar-refractivity contribution is 5.95. The zero-order valence-electron chi connectivity index (χ0n) is 19.8. The third kappa shape index (κ3) is 6.01. The number of pyridine rings is 1. The van der Waals surface area contributed by atoms with Gasteiger partial charge >= 0.3 is 18.2 Å². The third-order valence-electron chi connectivity index (χ3n) is 5.79. The van der Waals surface area contributed by atoms with Crippen LogP contribution in [0.25, 0.3) is 22.0 Å². The lowest BCUT2D eigenvalue weighted by atomic mass is 10.0. The molecule has 4 rings (SSSR count). The van der Waals surface area contributed by atoms with Crippen molar-refractivity contribution in [3.05, 3.63) is 64.4 Å². The molecule has 1 aliphatic heterocycles. The van der Waals surface area contributed by atoms with Gasteiger partial charge in [0.05, 0.1) is 31.7 Å². The molecule has 0 radical (unpaired) electrons. The van der Waals surface area contributed by atoms with Crippen LogP contribution in [-0.4, -0.2) is 61.7 Å². The average Bonchev–Trinajstić information content (AvgIpc) is 3.27. The Kier molecular flexibility index (Phi) is 7.78. The predicted octanol–water partition coefficient (Wildman–Crippen LogP) is 2.20. The van der Waals surface area contributed by atoms with Gasteiger partial charge in [-0.1, -0.05) is 24.3 Å². The number of hydrogen-bond donors (Lipinski definition) is 3. The van der Waals surface area contributed by atoms with Gasteiger partial charge in [0.15, 0.2) is 11.9 Å². The first kappa shape index (κ1) is 26.8. The first-order valence-electron chi connectivity index (χ1n) is 11.5. The summed E-state index contributed by atoms with van der Waals surface area (Å²) in [4.78, 5) is 51.9. The van der Waals surface area contributed by atoms with E-state index >= 15 is 0 Å². The largest absolute Gasteiger partial charge is 0.461 e. The van der Waals surface area contributed by atoms with Crippen LogP contribution in [-0.2, 0) is 25.2 Å². The molecule has 1 aromatic heterocycles. The summed E-state index contributed by atoms with van der Waals surface area (Å²) < 4.78 is 50.6. The van der Waals surface area contributed by atoms with E-state index in [1.165, 1.54) is 47.4 Å². The van der Waals surface area contributed by atoms with Crippen LogP contribution >= 0.6 is 0 Å². The number of esters is 1. The minimum atomic E-state index is -4.60. The number of halogens is 3. The molecule has 4 N–H and O–H groups in total. The van der Waals surface area contributed by atoms with E-state index in [1.807, 2.05) is 0 Å². The average molecular weight is 532 g/mol. The molecule has 0 saturated carbocycles. The van der Waals surface area contributed by atoms with E-state index in [1.54, 1.807) is 0 Å². The first-order valence-corrected chi connectivity index (χ1v) is 11.5. The lowest BCUT2D eigenvalue weighted by Crippen LogP contribution is -2.34. The number of ether oxygens (including phenoxy) is 2. The zero-order chi connectivity index (χ0) is 27.4. The van der Waals surface area contributed by atoms with Crippen molar-refractivity contribution in [1.82, 2.24) is 10.3 Å². The number of hydrogen-bond acceptors (Lipinski definition) is 8. The third-order valence-corrected chi connectivity index (χ3v) is 5.79. The van der Waals surface area contributed by atoms with Crippen molar-refractivity contribution in [2.45, 2.75) is 12.3 Å². The molecule has 0 unspecified atom stereocenters. The number of ketones is 1. The molecular weight excluding hydrogens is 509 g/mol. The van der Waals surface area contributed by atoms with Crippen LogP contribution in [0.1, 0.15) is 5.56 Å². The van der Waals surface area contributed by atoms with Gasteiger partial charge in [-0.3, -0.25) is 19.3 Å². The molecule has 0 aliphatic carbocycles. The number of cyclic esters (lactones) is 1. The van der Waals surface area contributed by atoms with E-state index in [4.69, 9.17) is 15.2 Å². The number of nitrogens with two attached hydrogens (primary N) is 1. The molecule has 10 nitrogen and oxygen atoms in total. The molecule has 1 amide bonds. The van der Waals surface area contributed by atoms with Crippen molar-refractivity contribution in [3.63, 3.8) is 0 Å². The molecule has 38 heavy (non-hydrogen) atoms. The second kappa shape index (κ2) is 11.0. The first-order chi connectivity index (χ1) is 18.1. The Bertz CT molecular complexity index is 1440. The number of carbonyl (C=O) groups excluding carboxylic acids is 3. The van der Waals surface area contributed by atoms with Gasteiger partial charge in [0, 0.05) is 22.3 Å². The number of rotatable bonds is 9. The van der Waals surface area contributed by atoms with Gasteiger partial charge in [-0.25, -0.2) is 4.79 Å². The van der Waals surface area contributed by atoms with Gasteiger partial charge in [0.25, 0.3) is 5.56 Å². The lowest BCUT2D eigenvalue weighted by Gasteiger charge is -2.15. The lowest BCUT2D eigenvalue weighted by molar-refractivity contribution is -0.145. The Balaban J connectivity index is 1.47. The highest BCUT2D eigenvalue weighted by Crippen LogP contribution is 2.36. The molecule has 200 valence electrons. The molecule has 2 aromatic carbocycles. The topological polar surface area (TPSA) is 144 Å². The molecule has 1 saturated heterocycles. The normalized spacial score (nSPS) is 15.5. The second-order valence-electron chi connectivity index (χ2n) is 8.47. The maximum Gasteiger partial charge on any atom is 0.417 e. The molecule has 0 bridgehead atoms. The van der Waals surface area contributed by atoms with Crippen LogP contribution in [0.3, 0.4) is 0 Å². The zero-order valence-corrected chi connectivity index (χ0v) is 19.8. The maximum atomic E-state index is 13.5. The number of Topliss-reactive ketones (excluding diaryl/α,β-unsaturated/α-hetero) is 1. The number of benzene rings is 2. The van der Waals surface area contributed by atoms with Crippen molar-refractivity contribution in [1.29, 1.82) is 0 Å². The van der Waals surface area contributed by atoms with Gasteiger partial charge in [-0.15, -0.1) is 0 Å². The summed E-state index contributed by atoms with van der Waals surface area (Å²) in [5.41, 5.74) is 3.84. The van der Waals surface area contributed by atoms with Crippen LogP contribution in [0, 0.1) is 0 Å². The van der Waals surface area contributed by atoms with Gasteiger partial charge in [-0.05, 0) is 29.7 Å². The number of anilines is 1. The fraction of sp³-hybridized carbons (Fsp3) is 0.280. The van der Waals surface area contributed by atoms with Crippen LogP contribution < -0.4 is 21.5 Å². The number of fused-ring (bicyclic) bond motifs is 1. The van der Waals surface area contributed by atoms with Crippen molar-refractivity contribution in [3.8, 4) is 11.3 Å². The summed E-state index contributed by atoms with van der Waals surface area (Å²) >= 11 is 0. The number of carbonyl (C=O) groups is 3. The van der Waals surface area contributed by atoms with E-state index in [9.17, 15) is 32.3 Å². The van der Waals surface area contributed by atoms with E-state index in [-0.39, 0.29) is 55.2 Å². The Morgan fingerprint density at radius 3 is 2.63 bits per heavy atom. The van der Waals surface area contributed by atoms with E-state index in [2.05, 4.69) is 10.3 Å². The van der Waals surface area contributed by atoms with Crippen molar-refractivity contribution >= 4 is 34.3 Å². The second-order valence-corrected chi connectivity index (χ2v) is 8.47. The number of aromatic nitrogens is 1. The summed E-state index contributed by atoms with van der Waals surface area (Å²) in [6.45, 7) is -0.632. The summed E-state index contributed by atoms with van der Waals surface area (Å²) in [5, 5.41) is 3.13. The number of nitrogens with zero attached hydrogens (tertiary/aromatic N) is 1. The Labute approximate surface area is 213 Å². The summed E-state index contributed by atoms with van der Waals surface area (Å²) in [6, 6.07) is 10.9. The van der Waals surface area contributed by atoms with Gasteiger partial charge in [0.2, 0.25) is 0 Å².